The quantitative estimate of drug-likeness (QED) is 0.738. The van der Waals surface area contributed by atoms with Crippen molar-refractivity contribution in [2.45, 2.75) is 24.8 Å². The fraction of sp³-hybridized carbons (Fsp3) is 0.294. The van der Waals surface area contributed by atoms with Crippen LogP contribution in [0.4, 0.5) is 5.69 Å². The lowest BCUT2D eigenvalue weighted by atomic mass is 10.2. The maximum Gasteiger partial charge on any atom is 0.119 e. The van der Waals surface area contributed by atoms with E-state index < -0.39 is 0 Å². The molecule has 3 heteroatoms. The molecule has 2 nitrogen and oxygen atoms in total. The van der Waals surface area contributed by atoms with Gasteiger partial charge in [-0.25, -0.2) is 0 Å². The molecule has 0 aliphatic heterocycles. The van der Waals surface area contributed by atoms with Crippen LogP contribution in [0.15, 0.2) is 53.4 Å². The van der Waals surface area contributed by atoms with Crippen LogP contribution in [0.25, 0.3) is 0 Å². The number of anilines is 1. The zero-order valence-electron chi connectivity index (χ0n) is 12.1. The van der Waals surface area contributed by atoms with Gasteiger partial charge in [-0.3, -0.25) is 0 Å². The summed E-state index contributed by atoms with van der Waals surface area (Å²) in [5.41, 5.74) is 2.44. The molecule has 106 valence electrons. The Balaban J connectivity index is 1.93. The van der Waals surface area contributed by atoms with Gasteiger partial charge < -0.3 is 10.1 Å². The lowest BCUT2D eigenvalue weighted by Crippen LogP contribution is -2.01. The molecule has 0 aromatic heterocycles. The maximum atomic E-state index is 5.59. The highest BCUT2D eigenvalue weighted by Crippen LogP contribution is 2.25. The van der Waals surface area contributed by atoms with Crippen LogP contribution >= 0.6 is 11.8 Å². The van der Waals surface area contributed by atoms with Gasteiger partial charge in [-0.15, -0.1) is 11.8 Å². The monoisotopic (exact) mass is 287 g/mol. The van der Waals surface area contributed by atoms with E-state index in [-0.39, 0.29) is 0 Å². The van der Waals surface area contributed by atoms with Crippen molar-refractivity contribution < 1.29 is 4.74 Å². The lowest BCUT2D eigenvalue weighted by molar-refractivity contribution is 0.317. The van der Waals surface area contributed by atoms with Crippen molar-refractivity contribution in [3.8, 4) is 5.75 Å². The van der Waals surface area contributed by atoms with Crippen LogP contribution < -0.4 is 10.1 Å². The predicted molar refractivity (Wildman–Crippen MR) is 87.8 cm³/mol. The molecule has 1 N–H and O–H groups in total. The molecule has 0 heterocycles. The summed E-state index contributed by atoms with van der Waals surface area (Å²) in [4.78, 5) is 1.27. The fourth-order valence-electron chi connectivity index (χ4n) is 1.91. The number of nitrogens with one attached hydrogen (secondary N) is 1. The Bertz CT molecular complexity index is 525. The van der Waals surface area contributed by atoms with Crippen molar-refractivity contribution in [2.75, 3.05) is 18.2 Å². The number of benzene rings is 2. The van der Waals surface area contributed by atoms with Gasteiger partial charge in [-0.2, -0.15) is 0 Å². The summed E-state index contributed by atoms with van der Waals surface area (Å²) in [6.45, 7) is 3.71. The summed E-state index contributed by atoms with van der Waals surface area (Å²) in [6, 6.07) is 16.7. The minimum Gasteiger partial charge on any atom is -0.494 e. The van der Waals surface area contributed by atoms with Gasteiger partial charge in [-0.1, -0.05) is 31.2 Å². The molecule has 0 radical (unpaired) electrons. The Hall–Kier alpha value is -1.61. The van der Waals surface area contributed by atoms with Crippen LogP contribution in [0.1, 0.15) is 18.9 Å². The van der Waals surface area contributed by atoms with Crippen molar-refractivity contribution in [2.24, 2.45) is 0 Å². The van der Waals surface area contributed by atoms with E-state index in [1.807, 2.05) is 12.1 Å². The predicted octanol–water partition coefficient (Wildman–Crippen LogP) is 4.81. The Labute approximate surface area is 125 Å². The average molecular weight is 287 g/mol. The highest BCUT2D eigenvalue weighted by Gasteiger charge is 2.00. The van der Waals surface area contributed by atoms with Crippen molar-refractivity contribution >= 4 is 17.4 Å². The molecular formula is C17H21NOS. The topological polar surface area (TPSA) is 21.3 Å². The SMILES string of the molecule is CCCOc1ccc(CNc2ccccc2SC)cc1. The van der Waals surface area contributed by atoms with Gasteiger partial charge in [0.15, 0.2) is 0 Å². The minimum absolute atomic E-state index is 0.776. The second-order valence-corrected chi connectivity index (χ2v) is 5.39. The summed E-state index contributed by atoms with van der Waals surface area (Å²) in [5, 5.41) is 3.48. The van der Waals surface area contributed by atoms with Gasteiger partial charge in [0.1, 0.15) is 5.75 Å². The largest absolute Gasteiger partial charge is 0.494 e. The number of hydrogen-bond acceptors (Lipinski definition) is 3. The van der Waals surface area contributed by atoms with Gasteiger partial charge >= 0.3 is 0 Å². The first-order valence-electron chi connectivity index (χ1n) is 6.92. The minimum atomic E-state index is 0.776. The Morgan fingerprint density at radius 2 is 1.80 bits per heavy atom. The second-order valence-electron chi connectivity index (χ2n) is 4.55. The van der Waals surface area contributed by atoms with E-state index in [1.54, 1.807) is 11.8 Å². The lowest BCUT2D eigenvalue weighted by Gasteiger charge is -2.11. The zero-order valence-corrected chi connectivity index (χ0v) is 12.9. The molecule has 2 rings (SSSR count). The molecule has 0 unspecified atom stereocenters. The van der Waals surface area contributed by atoms with Crippen LogP contribution in [0.2, 0.25) is 0 Å². The van der Waals surface area contributed by atoms with E-state index >= 15 is 0 Å². The molecule has 0 fully saturated rings. The first-order chi connectivity index (χ1) is 9.83. The van der Waals surface area contributed by atoms with Crippen LogP contribution in [0, 0.1) is 0 Å². The van der Waals surface area contributed by atoms with E-state index in [9.17, 15) is 0 Å². The third kappa shape index (κ3) is 4.20. The van der Waals surface area contributed by atoms with Crippen molar-refractivity contribution in [3.05, 3.63) is 54.1 Å². The molecule has 0 saturated carbocycles. The van der Waals surface area contributed by atoms with Crippen LogP contribution in [-0.4, -0.2) is 12.9 Å². The molecule has 2 aromatic carbocycles. The van der Waals surface area contributed by atoms with E-state index in [0.29, 0.717) is 0 Å². The summed E-state index contributed by atoms with van der Waals surface area (Å²) in [6.07, 6.45) is 3.13. The number of ether oxygens (including phenoxy) is 1. The van der Waals surface area contributed by atoms with Crippen LogP contribution in [0.5, 0.6) is 5.75 Å². The highest BCUT2D eigenvalue weighted by atomic mass is 32.2. The third-order valence-electron chi connectivity index (χ3n) is 2.99. The van der Waals surface area contributed by atoms with Crippen molar-refractivity contribution in [1.29, 1.82) is 0 Å². The molecule has 0 amide bonds. The van der Waals surface area contributed by atoms with Crippen LogP contribution in [0.3, 0.4) is 0 Å². The molecule has 0 aliphatic carbocycles. The Morgan fingerprint density at radius 1 is 1.05 bits per heavy atom. The molecule has 0 bridgehead atoms. The molecule has 0 aliphatic rings. The number of rotatable bonds is 7. The van der Waals surface area contributed by atoms with Gasteiger partial charge in [-0.05, 0) is 42.5 Å². The molecule has 0 atom stereocenters. The van der Waals surface area contributed by atoms with E-state index in [4.69, 9.17) is 4.74 Å². The third-order valence-corrected chi connectivity index (χ3v) is 3.78. The first kappa shape index (κ1) is 14.8. The second kappa shape index (κ2) is 7.85. The number of thioether (sulfide) groups is 1. The van der Waals surface area contributed by atoms with Crippen LogP contribution in [-0.2, 0) is 6.54 Å². The maximum absolute atomic E-state index is 5.59. The van der Waals surface area contributed by atoms with Gasteiger partial charge in [0.25, 0.3) is 0 Å². The normalized spacial score (nSPS) is 10.3. The average Bonchev–Trinajstić information content (AvgIpc) is 2.52. The number of para-hydroxylation sites is 1. The highest BCUT2D eigenvalue weighted by molar-refractivity contribution is 7.98. The van der Waals surface area contributed by atoms with Gasteiger partial charge in [0, 0.05) is 17.1 Å². The van der Waals surface area contributed by atoms with Crippen molar-refractivity contribution in [3.63, 3.8) is 0 Å². The van der Waals surface area contributed by atoms with Gasteiger partial charge in [0.2, 0.25) is 0 Å². The van der Waals surface area contributed by atoms with Gasteiger partial charge in [0.05, 0.1) is 6.61 Å². The number of hydrogen-bond donors (Lipinski definition) is 1. The zero-order chi connectivity index (χ0) is 14.2. The summed E-state index contributed by atoms with van der Waals surface area (Å²) < 4.78 is 5.59. The molecular weight excluding hydrogens is 266 g/mol. The first-order valence-corrected chi connectivity index (χ1v) is 8.14. The fourth-order valence-corrected chi connectivity index (χ4v) is 2.49. The van der Waals surface area contributed by atoms with E-state index in [0.717, 1.165) is 25.3 Å². The molecule has 20 heavy (non-hydrogen) atoms. The molecule has 2 aromatic rings. The summed E-state index contributed by atoms with van der Waals surface area (Å²) >= 11 is 1.76. The summed E-state index contributed by atoms with van der Waals surface area (Å²) in [7, 11) is 0. The van der Waals surface area contributed by atoms with Crippen molar-refractivity contribution in [1.82, 2.24) is 0 Å². The Morgan fingerprint density at radius 3 is 2.50 bits per heavy atom. The van der Waals surface area contributed by atoms with E-state index in [2.05, 4.69) is 54.9 Å². The standard InChI is InChI=1S/C17H21NOS/c1-3-12-19-15-10-8-14(9-11-15)13-18-16-6-4-5-7-17(16)20-2/h4-11,18H,3,12-13H2,1-2H3. The Kier molecular flexibility index (Phi) is 5.81. The summed E-state index contributed by atoms with van der Waals surface area (Å²) in [5.74, 6) is 0.945. The molecule has 0 spiro atoms. The smallest absolute Gasteiger partial charge is 0.119 e. The molecule has 0 saturated heterocycles. The van der Waals surface area contributed by atoms with E-state index in [1.165, 1.54) is 16.1 Å².